The molecule has 0 spiro atoms. The number of aryl methyl sites for hydroxylation is 1. The molecule has 0 aromatic heterocycles. The average Bonchev–Trinajstić information content (AvgIpc) is 2.56. The first-order valence-electron chi connectivity index (χ1n) is 8.60. The molecular weight excluding hydrogens is 258 g/mol. The monoisotopic (exact) mass is 285 g/mol. The number of hydrogen-bond donors (Lipinski definition) is 0. The highest BCUT2D eigenvalue weighted by Crippen LogP contribution is 2.35. The van der Waals surface area contributed by atoms with Gasteiger partial charge >= 0.3 is 0 Å². The fraction of sp³-hybridized carbons (Fsp3) is 0.632. The van der Waals surface area contributed by atoms with Crippen molar-refractivity contribution in [1.82, 2.24) is 4.90 Å². The second-order valence-electron chi connectivity index (χ2n) is 6.89. The van der Waals surface area contributed by atoms with Crippen molar-refractivity contribution in [2.45, 2.75) is 51.9 Å². The quantitative estimate of drug-likeness (QED) is 0.787. The largest absolute Gasteiger partial charge is 0.339 e. The number of likely N-dealkylation sites (tertiary alicyclic amines) is 1. The zero-order valence-electron chi connectivity index (χ0n) is 13.2. The highest BCUT2D eigenvalue weighted by atomic mass is 16.2. The molecule has 1 saturated heterocycles. The summed E-state index contributed by atoms with van der Waals surface area (Å²) in [6, 6.07) is 7.99. The van der Waals surface area contributed by atoms with E-state index in [4.69, 9.17) is 0 Å². The third-order valence-corrected chi connectivity index (χ3v) is 5.44. The molecule has 1 amide bonds. The van der Waals surface area contributed by atoms with Crippen molar-refractivity contribution in [3.8, 4) is 0 Å². The summed E-state index contributed by atoms with van der Waals surface area (Å²) in [4.78, 5) is 14.6. The fourth-order valence-electron chi connectivity index (χ4n) is 4.06. The minimum absolute atomic E-state index is 0.220. The first-order valence-corrected chi connectivity index (χ1v) is 8.60. The van der Waals surface area contributed by atoms with Gasteiger partial charge in [0.25, 0.3) is 5.91 Å². The lowest BCUT2D eigenvalue weighted by molar-refractivity contribution is 0.0638. The summed E-state index contributed by atoms with van der Waals surface area (Å²) in [6.07, 6.45) is 9.55. The van der Waals surface area contributed by atoms with E-state index in [-0.39, 0.29) is 5.91 Å². The molecule has 2 fully saturated rings. The third kappa shape index (κ3) is 3.48. The highest BCUT2D eigenvalue weighted by molar-refractivity contribution is 5.94. The molecule has 2 heteroatoms. The summed E-state index contributed by atoms with van der Waals surface area (Å²) < 4.78 is 0. The van der Waals surface area contributed by atoms with Crippen LogP contribution in [-0.2, 0) is 0 Å². The van der Waals surface area contributed by atoms with E-state index in [0.29, 0.717) is 0 Å². The van der Waals surface area contributed by atoms with E-state index in [1.165, 1.54) is 50.5 Å². The van der Waals surface area contributed by atoms with Crippen LogP contribution in [0, 0.1) is 18.8 Å². The van der Waals surface area contributed by atoms with Gasteiger partial charge in [-0.3, -0.25) is 4.79 Å². The molecule has 2 nitrogen and oxygen atoms in total. The molecule has 1 aliphatic heterocycles. The number of carbonyl (C=O) groups excluding carboxylic acids is 1. The topological polar surface area (TPSA) is 20.3 Å². The number of nitrogens with zero attached hydrogens (tertiary/aromatic N) is 1. The van der Waals surface area contributed by atoms with Gasteiger partial charge in [0, 0.05) is 18.7 Å². The standard InChI is InChI=1S/C19H27NO/c1-15-7-9-18(10-8-15)19(21)20-13-11-17(12-14-20)16-5-3-2-4-6-16/h7-10,16-17H,2-6,11-14H2,1H3. The molecule has 21 heavy (non-hydrogen) atoms. The van der Waals surface area contributed by atoms with Crippen LogP contribution in [0.15, 0.2) is 24.3 Å². The fourth-order valence-corrected chi connectivity index (χ4v) is 4.06. The Bertz CT molecular complexity index is 465. The Morgan fingerprint density at radius 1 is 0.905 bits per heavy atom. The Balaban J connectivity index is 1.55. The second kappa shape index (κ2) is 6.64. The Hall–Kier alpha value is -1.31. The minimum atomic E-state index is 0.220. The van der Waals surface area contributed by atoms with E-state index in [0.717, 1.165) is 30.5 Å². The number of carbonyl (C=O) groups is 1. The normalized spacial score (nSPS) is 21.5. The SMILES string of the molecule is Cc1ccc(C(=O)N2CCC(C3CCCCC3)CC2)cc1. The van der Waals surface area contributed by atoms with Gasteiger partial charge in [0.15, 0.2) is 0 Å². The Labute approximate surface area is 128 Å². The minimum Gasteiger partial charge on any atom is -0.339 e. The van der Waals surface area contributed by atoms with E-state index in [2.05, 4.69) is 11.8 Å². The lowest BCUT2D eigenvalue weighted by atomic mass is 9.76. The van der Waals surface area contributed by atoms with Crippen LogP contribution in [0.1, 0.15) is 60.9 Å². The summed E-state index contributed by atoms with van der Waals surface area (Å²) in [5, 5.41) is 0. The third-order valence-electron chi connectivity index (χ3n) is 5.44. The van der Waals surface area contributed by atoms with Crippen LogP contribution in [0.5, 0.6) is 0 Å². The maximum atomic E-state index is 12.5. The Morgan fingerprint density at radius 3 is 2.10 bits per heavy atom. The van der Waals surface area contributed by atoms with Gasteiger partial charge in [-0.15, -0.1) is 0 Å². The molecule has 0 N–H and O–H groups in total. The predicted molar refractivity (Wildman–Crippen MR) is 86.4 cm³/mol. The van der Waals surface area contributed by atoms with Crippen LogP contribution in [0.4, 0.5) is 0 Å². The summed E-state index contributed by atoms with van der Waals surface area (Å²) >= 11 is 0. The van der Waals surface area contributed by atoms with Gasteiger partial charge in [-0.1, -0.05) is 49.8 Å². The summed E-state index contributed by atoms with van der Waals surface area (Å²) in [6.45, 7) is 3.96. The van der Waals surface area contributed by atoms with Crippen LogP contribution < -0.4 is 0 Å². The van der Waals surface area contributed by atoms with E-state index in [1.807, 2.05) is 24.3 Å². The molecule has 1 saturated carbocycles. The molecule has 1 aromatic carbocycles. The van der Waals surface area contributed by atoms with Crippen molar-refractivity contribution in [1.29, 1.82) is 0 Å². The first-order chi connectivity index (χ1) is 10.2. The lowest BCUT2D eigenvalue weighted by Gasteiger charge is -2.37. The van der Waals surface area contributed by atoms with Crippen LogP contribution in [0.25, 0.3) is 0 Å². The molecule has 1 aromatic rings. The Kier molecular flexibility index (Phi) is 4.62. The summed E-state index contributed by atoms with van der Waals surface area (Å²) in [5.41, 5.74) is 2.05. The highest BCUT2D eigenvalue weighted by Gasteiger charge is 2.29. The number of rotatable bonds is 2. The molecule has 0 bridgehead atoms. The molecule has 2 aliphatic rings. The van der Waals surface area contributed by atoms with Crippen LogP contribution in [-0.4, -0.2) is 23.9 Å². The number of benzene rings is 1. The molecule has 114 valence electrons. The molecule has 3 rings (SSSR count). The zero-order chi connectivity index (χ0) is 14.7. The van der Waals surface area contributed by atoms with E-state index in [9.17, 15) is 4.79 Å². The predicted octanol–water partition coefficient (Wildman–Crippen LogP) is 4.43. The first kappa shape index (κ1) is 14.6. The second-order valence-corrected chi connectivity index (χ2v) is 6.89. The molecule has 0 unspecified atom stereocenters. The van der Waals surface area contributed by atoms with Crippen molar-refractivity contribution < 1.29 is 4.79 Å². The number of piperidine rings is 1. The smallest absolute Gasteiger partial charge is 0.253 e. The number of hydrogen-bond acceptors (Lipinski definition) is 1. The van der Waals surface area contributed by atoms with Gasteiger partial charge in [0.05, 0.1) is 0 Å². The van der Waals surface area contributed by atoms with Gasteiger partial charge in [0.2, 0.25) is 0 Å². The number of amides is 1. The molecule has 1 heterocycles. The van der Waals surface area contributed by atoms with Crippen molar-refractivity contribution in [2.75, 3.05) is 13.1 Å². The molecule has 0 radical (unpaired) electrons. The summed E-state index contributed by atoms with van der Waals surface area (Å²) in [7, 11) is 0. The van der Waals surface area contributed by atoms with Gasteiger partial charge in [-0.05, 0) is 43.7 Å². The maximum Gasteiger partial charge on any atom is 0.253 e. The van der Waals surface area contributed by atoms with Crippen LogP contribution in [0.2, 0.25) is 0 Å². The summed E-state index contributed by atoms with van der Waals surface area (Å²) in [5.74, 6) is 2.03. The van der Waals surface area contributed by atoms with Gasteiger partial charge < -0.3 is 4.90 Å². The lowest BCUT2D eigenvalue weighted by Crippen LogP contribution is -2.40. The van der Waals surface area contributed by atoms with Crippen molar-refractivity contribution in [3.05, 3.63) is 35.4 Å². The average molecular weight is 285 g/mol. The van der Waals surface area contributed by atoms with E-state index < -0.39 is 0 Å². The van der Waals surface area contributed by atoms with Crippen molar-refractivity contribution in [2.24, 2.45) is 11.8 Å². The van der Waals surface area contributed by atoms with E-state index in [1.54, 1.807) is 0 Å². The van der Waals surface area contributed by atoms with Gasteiger partial charge in [0.1, 0.15) is 0 Å². The van der Waals surface area contributed by atoms with Gasteiger partial charge in [-0.2, -0.15) is 0 Å². The van der Waals surface area contributed by atoms with E-state index >= 15 is 0 Å². The zero-order valence-corrected chi connectivity index (χ0v) is 13.2. The van der Waals surface area contributed by atoms with Gasteiger partial charge in [-0.25, -0.2) is 0 Å². The Morgan fingerprint density at radius 2 is 1.48 bits per heavy atom. The van der Waals surface area contributed by atoms with Crippen LogP contribution >= 0.6 is 0 Å². The molecule has 1 aliphatic carbocycles. The van der Waals surface area contributed by atoms with Crippen LogP contribution in [0.3, 0.4) is 0 Å². The van der Waals surface area contributed by atoms with Crippen molar-refractivity contribution >= 4 is 5.91 Å². The maximum absolute atomic E-state index is 12.5. The molecular formula is C19H27NO. The van der Waals surface area contributed by atoms with Crippen molar-refractivity contribution in [3.63, 3.8) is 0 Å². The molecule has 0 atom stereocenters.